The summed E-state index contributed by atoms with van der Waals surface area (Å²) in [5.74, 6) is -1.57. The molecule has 118 valence electrons. The highest BCUT2D eigenvalue weighted by Gasteiger charge is 2.15. The Morgan fingerprint density at radius 1 is 1.21 bits per heavy atom. The molecule has 0 aliphatic heterocycles. The summed E-state index contributed by atoms with van der Waals surface area (Å²) in [4.78, 5) is 24.2. The minimum atomic E-state index is -0.755. The first kappa shape index (κ1) is 15.7. The molecule has 1 amide bonds. The van der Waals surface area contributed by atoms with Crippen molar-refractivity contribution in [3.63, 3.8) is 0 Å². The summed E-state index contributed by atoms with van der Waals surface area (Å²) >= 11 is 5.79. The van der Waals surface area contributed by atoms with E-state index in [1.165, 1.54) is 30.3 Å². The largest absolute Gasteiger partial charge is 0.417 e. The van der Waals surface area contributed by atoms with Crippen LogP contribution in [0.25, 0.3) is 10.8 Å². The van der Waals surface area contributed by atoms with Crippen molar-refractivity contribution < 1.29 is 13.6 Å². The normalized spacial score (nSPS) is 10.4. The molecule has 1 heterocycles. The van der Waals surface area contributed by atoms with Crippen LogP contribution >= 0.6 is 11.6 Å². The molecule has 0 atom stereocenters. The average molecular weight is 343 g/mol. The lowest BCUT2D eigenvalue weighted by atomic mass is 10.1. The van der Waals surface area contributed by atoms with Gasteiger partial charge in [-0.05, 0) is 47.9 Å². The van der Waals surface area contributed by atoms with Crippen LogP contribution in [0.3, 0.4) is 0 Å². The van der Waals surface area contributed by atoms with Crippen LogP contribution in [0.2, 0.25) is 5.02 Å². The summed E-state index contributed by atoms with van der Waals surface area (Å²) < 4.78 is 18.3. The highest BCUT2D eigenvalue weighted by molar-refractivity contribution is 6.30. The summed E-state index contributed by atoms with van der Waals surface area (Å²) in [5.41, 5.74) is -0.381. The quantitative estimate of drug-likeness (QED) is 0.769. The zero-order valence-electron chi connectivity index (χ0n) is 12.0. The van der Waals surface area contributed by atoms with Gasteiger partial charge in [0.15, 0.2) is 5.76 Å². The Bertz CT molecular complexity index is 1070. The third kappa shape index (κ3) is 2.98. The Hall–Kier alpha value is -3.17. The lowest BCUT2D eigenvalue weighted by Gasteiger charge is -2.07. The molecule has 1 N–H and O–H groups in total. The molecule has 24 heavy (non-hydrogen) atoms. The van der Waals surface area contributed by atoms with Crippen molar-refractivity contribution in [1.29, 1.82) is 5.26 Å². The van der Waals surface area contributed by atoms with Crippen molar-refractivity contribution in [1.82, 2.24) is 0 Å². The van der Waals surface area contributed by atoms with E-state index in [2.05, 4.69) is 5.32 Å². The number of nitriles is 1. The number of fused-ring (bicyclic) bond motifs is 1. The zero-order valence-corrected chi connectivity index (χ0v) is 12.7. The molecule has 0 saturated heterocycles. The third-order valence-corrected chi connectivity index (χ3v) is 3.53. The minimum absolute atomic E-state index is 0.157. The summed E-state index contributed by atoms with van der Waals surface area (Å²) in [6.07, 6.45) is 0. The first-order chi connectivity index (χ1) is 11.5. The predicted molar refractivity (Wildman–Crippen MR) is 86.6 cm³/mol. The standard InChI is InChI=1S/C17H8ClFN2O3/c18-11-1-4-14(10(5-11)8-20)21-16(22)15-7-9-6-12(19)2-3-13(9)17(23)24-15/h1-7H,(H,21,22). The van der Waals surface area contributed by atoms with Gasteiger partial charge in [-0.25, -0.2) is 9.18 Å². The molecule has 2 aromatic carbocycles. The summed E-state index contributed by atoms with van der Waals surface area (Å²) in [6.45, 7) is 0. The zero-order chi connectivity index (χ0) is 17.3. The topological polar surface area (TPSA) is 83.1 Å². The van der Waals surface area contributed by atoms with Gasteiger partial charge in [-0.15, -0.1) is 0 Å². The minimum Gasteiger partial charge on any atom is -0.417 e. The fourth-order valence-corrected chi connectivity index (χ4v) is 2.35. The molecule has 5 nitrogen and oxygen atoms in total. The maximum atomic E-state index is 13.3. The first-order valence-corrected chi connectivity index (χ1v) is 7.10. The Labute approximate surface area is 139 Å². The van der Waals surface area contributed by atoms with Crippen molar-refractivity contribution in [2.45, 2.75) is 0 Å². The second-order valence-electron chi connectivity index (χ2n) is 4.89. The molecule has 0 bridgehead atoms. The van der Waals surface area contributed by atoms with Crippen LogP contribution in [-0.4, -0.2) is 5.91 Å². The number of benzene rings is 2. The van der Waals surface area contributed by atoms with Gasteiger partial charge in [0.05, 0.1) is 16.6 Å². The smallest absolute Gasteiger partial charge is 0.344 e. The highest BCUT2D eigenvalue weighted by Crippen LogP contribution is 2.21. The van der Waals surface area contributed by atoms with Crippen molar-refractivity contribution in [3.8, 4) is 6.07 Å². The van der Waals surface area contributed by atoms with E-state index < -0.39 is 17.3 Å². The number of nitrogens with one attached hydrogen (secondary N) is 1. The van der Waals surface area contributed by atoms with Gasteiger partial charge in [0, 0.05) is 5.02 Å². The monoisotopic (exact) mass is 342 g/mol. The van der Waals surface area contributed by atoms with Crippen molar-refractivity contribution in [2.75, 3.05) is 5.32 Å². The van der Waals surface area contributed by atoms with Crippen LogP contribution in [-0.2, 0) is 0 Å². The fraction of sp³-hybridized carbons (Fsp3) is 0. The third-order valence-electron chi connectivity index (χ3n) is 3.30. The summed E-state index contributed by atoms with van der Waals surface area (Å²) in [7, 11) is 0. The summed E-state index contributed by atoms with van der Waals surface area (Å²) in [6, 6.07) is 11.1. The molecule has 0 saturated carbocycles. The number of amides is 1. The lowest BCUT2D eigenvalue weighted by Crippen LogP contribution is -2.15. The van der Waals surface area contributed by atoms with Crippen LogP contribution in [0.5, 0.6) is 0 Å². The molecule has 0 radical (unpaired) electrons. The number of halogens is 2. The van der Waals surface area contributed by atoms with Gasteiger partial charge in [-0.1, -0.05) is 11.6 Å². The van der Waals surface area contributed by atoms with Crippen molar-refractivity contribution in [3.05, 3.63) is 75.0 Å². The van der Waals surface area contributed by atoms with Crippen molar-refractivity contribution >= 4 is 34.0 Å². The van der Waals surface area contributed by atoms with E-state index in [0.29, 0.717) is 5.02 Å². The number of hydrogen-bond donors (Lipinski definition) is 1. The van der Waals surface area contributed by atoms with Gasteiger partial charge >= 0.3 is 5.63 Å². The van der Waals surface area contributed by atoms with Gasteiger partial charge in [-0.3, -0.25) is 4.79 Å². The molecule has 3 rings (SSSR count). The van der Waals surface area contributed by atoms with Gasteiger partial charge in [0.1, 0.15) is 11.9 Å². The lowest BCUT2D eigenvalue weighted by molar-refractivity contribution is 0.0993. The highest BCUT2D eigenvalue weighted by atomic mass is 35.5. The number of anilines is 1. The Morgan fingerprint density at radius 3 is 2.75 bits per heavy atom. The molecule has 0 aliphatic rings. The molecule has 0 aliphatic carbocycles. The van der Waals surface area contributed by atoms with Gasteiger partial charge in [0.2, 0.25) is 0 Å². The van der Waals surface area contributed by atoms with E-state index >= 15 is 0 Å². The number of nitrogens with zero attached hydrogens (tertiary/aromatic N) is 1. The van der Waals surface area contributed by atoms with Crippen LogP contribution < -0.4 is 10.9 Å². The number of rotatable bonds is 2. The van der Waals surface area contributed by atoms with E-state index in [1.54, 1.807) is 0 Å². The maximum Gasteiger partial charge on any atom is 0.344 e. The van der Waals surface area contributed by atoms with Gasteiger partial charge in [0.25, 0.3) is 5.91 Å². The Kier molecular flexibility index (Phi) is 4.02. The molecule has 0 spiro atoms. The number of carbonyl (C=O) groups is 1. The summed E-state index contributed by atoms with van der Waals surface area (Å²) in [5, 5.41) is 12.3. The van der Waals surface area contributed by atoms with Crippen LogP contribution in [0, 0.1) is 17.1 Å². The van der Waals surface area contributed by atoms with Crippen LogP contribution in [0.4, 0.5) is 10.1 Å². The Balaban J connectivity index is 2.01. The van der Waals surface area contributed by atoms with Crippen LogP contribution in [0.15, 0.2) is 51.7 Å². The molecule has 7 heteroatoms. The van der Waals surface area contributed by atoms with Gasteiger partial charge < -0.3 is 9.73 Å². The van der Waals surface area contributed by atoms with E-state index in [0.717, 1.165) is 12.1 Å². The second kappa shape index (κ2) is 6.14. The molecule has 1 aromatic heterocycles. The fourth-order valence-electron chi connectivity index (χ4n) is 2.18. The van der Waals surface area contributed by atoms with E-state index in [9.17, 15) is 14.0 Å². The van der Waals surface area contributed by atoms with Crippen LogP contribution in [0.1, 0.15) is 16.1 Å². The number of hydrogen-bond acceptors (Lipinski definition) is 4. The van der Waals surface area contributed by atoms with E-state index in [-0.39, 0.29) is 27.8 Å². The number of carbonyl (C=O) groups excluding carboxylic acids is 1. The van der Waals surface area contributed by atoms with Gasteiger partial charge in [-0.2, -0.15) is 5.26 Å². The first-order valence-electron chi connectivity index (χ1n) is 6.72. The average Bonchev–Trinajstić information content (AvgIpc) is 2.55. The SMILES string of the molecule is N#Cc1cc(Cl)ccc1NC(=O)c1cc2cc(F)ccc2c(=O)o1. The maximum absolute atomic E-state index is 13.3. The molecule has 3 aromatic rings. The molecule has 0 fully saturated rings. The second-order valence-corrected chi connectivity index (χ2v) is 5.32. The predicted octanol–water partition coefficient (Wildman–Crippen LogP) is 3.71. The molecule has 0 unspecified atom stereocenters. The van der Waals surface area contributed by atoms with E-state index in [1.807, 2.05) is 6.07 Å². The Morgan fingerprint density at radius 2 is 2.00 bits per heavy atom. The molecular formula is C17H8ClFN2O3. The molecular weight excluding hydrogens is 335 g/mol. The van der Waals surface area contributed by atoms with E-state index in [4.69, 9.17) is 21.3 Å². The van der Waals surface area contributed by atoms with Crippen molar-refractivity contribution in [2.24, 2.45) is 0 Å².